The lowest BCUT2D eigenvalue weighted by Gasteiger charge is -2.34. The third-order valence-electron chi connectivity index (χ3n) is 4.56. The van der Waals surface area contributed by atoms with E-state index in [9.17, 15) is 0 Å². The summed E-state index contributed by atoms with van der Waals surface area (Å²) in [5, 5.41) is 3.81. The maximum Gasteiger partial charge on any atom is 0.00930 e. The lowest BCUT2D eigenvalue weighted by atomic mass is 9.80. The van der Waals surface area contributed by atoms with Crippen molar-refractivity contribution < 1.29 is 0 Å². The summed E-state index contributed by atoms with van der Waals surface area (Å²) in [7, 11) is 0. The minimum atomic E-state index is 0.808. The summed E-state index contributed by atoms with van der Waals surface area (Å²) < 4.78 is 0. The average molecular weight is 209 g/mol. The second-order valence-corrected chi connectivity index (χ2v) is 6.22. The van der Waals surface area contributed by atoms with Crippen LogP contribution in [0.4, 0.5) is 0 Å². The van der Waals surface area contributed by atoms with E-state index in [0.717, 1.165) is 29.7 Å². The van der Waals surface area contributed by atoms with E-state index >= 15 is 0 Å². The van der Waals surface area contributed by atoms with Crippen LogP contribution >= 0.6 is 0 Å². The van der Waals surface area contributed by atoms with Gasteiger partial charge < -0.3 is 5.32 Å². The van der Waals surface area contributed by atoms with Crippen LogP contribution in [0.25, 0.3) is 0 Å². The maximum atomic E-state index is 3.81. The smallest absolute Gasteiger partial charge is 0.00930 e. The fraction of sp³-hybridized carbons (Fsp3) is 1.00. The molecule has 1 heteroatoms. The molecule has 0 aliphatic heterocycles. The molecule has 2 aliphatic rings. The average Bonchev–Trinajstić information content (AvgIpc) is 2.99. The van der Waals surface area contributed by atoms with Crippen molar-refractivity contribution in [2.45, 2.75) is 58.9 Å². The summed E-state index contributed by atoms with van der Waals surface area (Å²) in [6, 6.07) is 0.808. The Kier molecular flexibility index (Phi) is 3.71. The zero-order valence-corrected chi connectivity index (χ0v) is 10.6. The standard InChI is InChI=1S/C14H27N/c1-10-4-7-14(11(2)8-10)15-9-12(3)13-5-6-13/h10-15H,4-9H2,1-3H3. The van der Waals surface area contributed by atoms with Gasteiger partial charge in [-0.3, -0.25) is 0 Å². The molecule has 2 fully saturated rings. The molecule has 0 amide bonds. The minimum absolute atomic E-state index is 0.808. The predicted octanol–water partition coefficient (Wildman–Crippen LogP) is 3.45. The molecule has 0 radical (unpaired) electrons. The second kappa shape index (κ2) is 4.86. The molecule has 1 nitrogen and oxygen atoms in total. The molecule has 2 aliphatic carbocycles. The van der Waals surface area contributed by atoms with Crippen LogP contribution in [0.1, 0.15) is 52.9 Å². The normalized spacial score (nSPS) is 39.0. The van der Waals surface area contributed by atoms with Gasteiger partial charge in [0.1, 0.15) is 0 Å². The Bertz CT molecular complexity index is 198. The molecule has 0 aromatic carbocycles. The molecule has 0 aromatic rings. The molecule has 1 N–H and O–H groups in total. The Morgan fingerprint density at radius 2 is 1.87 bits per heavy atom. The van der Waals surface area contributed by atoms with Gasteiger partial charge in [0.2, 0.25) is 0 Å². The van der Waals surface area contributed by atoms with Gasteiger partial charge in [-0.05, 0) is 62.3 Å². The van der Waals surface area contributed by atoms with Crippen molar-refractivity contribution in [2.75, 3.05) is 6.54 Å². The van der Waals surface area contributed by atoms with Crippen LogP contribution in [0.2, 0.25) is 0 Å². The van der Waals surface area contributed by atoms with Crippen LogP contribution < -0.4 is 5.32 Å². The summed E-state index contributed by atoms with van der Waals surface area (Å²) in [6.45, 7) is 8.50. The van der Waals surface area contributed by atoms with Gasteiger partial charge in [0, 0.05) is 6.04 Å². The zero-order valence-electron chi connectivity index (χ0n) is 10.6. The molecule has 4 unspecified atom stereocenters. The van der Waals surface area contributed by atoms with Gasteiger partial charge in [0.05, 0.1) is 0 Å². The molecule has 0 spiro atoms. The first-order valence-electron chi connectivity index (χ1n) is 6.90. The first-order chi connectivity index (χ1) is 7.16. The fourth-order valence-electron chi connectivity index (χ4n) is 3.14. The molecule has 0 saturated heterocycles. The SMILES string of the molecule is CC1CCC(NCC(C)C2CC2)C(C)C1. The van der Waals surface area contributed by atoms with E-state index in [2.05, 4.69) is 26.1 Å². The van der Waals surface area contributed by atoms with Crippen molar-refractivity contribution in [1.82, 2.24) is 5.32 Å². The molecule has 0 heterocycles. The lowest BCUT2D eigenvalue weighted by molar-refractivity contribution is 0.220. The van der Waals surface area contributed by atoms with Crippen LogP contribution in [0.5, 0.6) is 0 Å². The second-order valence-electron chi connectivity index (χ2n) is 6.22. The van der Waals surface area contributed by atoms with Gasteiger partial charge in [0.25, 0.3) is 0 Å². The van der Waals surface area contributed by atoms with Crippen molar-refractivity contribution in [2.24, 2.45) is 23.7 Å². The van der Waals surface area contributed by atoms with Crippen LogP contribution in [-0.4, -0.2) is 12.6 Å². The number of nitrogens with one attached hydrogen (secondary N) is 1. The van der Waals surface area contributed by atoms with Crippen LogP contribution in [-0.2, 0) is 0 Å². The molecule has 2 rings (SSSR count). The largest absolute Gasteiger partial charge is 0.313 e. The molecular formula is C14H27N. The number of hydrogen-bond acceptors (Lipinski definition) is 1. The summed E-state index contributed by atoms with van der Waals surface area (Å²) in [6.07, 6.45) is 7.23. The van der Waals surface area contributed by atoms with Crippen molar-refractivity contribution in [3.8, 4) is 0 Å². The number of hydrogen-bond donors (Lipinski definition) is 1. The lowest BCUT2D eigenvalue weighted by Crippen LogP contribution is -2.41. The Morgan fingerprint density at radius 1 is 1.13 bits per heavy atom. The van der Waals surface area contributed by atoms with Crippen molar-refractivity contribution in [3.63, 3.8) is 0 Å². The first-order valence-corrected chi connectivity index (χ1v) is 6.90. The van der Waals surface area contributed by atoms with E-state index in [0.29, 0.717) is 0 Å². The summed E-state index contributed by atoms with van der Waals surface area (Å²) >= 11 is 0. The minimum Gasteiger partial charge on any atom is -0.313 e. The molecule has 4 atom stereocenters. The van der Waals surface area contributed by atoms with Gasteiger partial charge in [-0.2, -0.15) is 0 Å². The molecule has 0 bridgehead atoms. The number of rotatable bonds is 4. The Balaban J connectivity index is 1.69. The highest BCUT2D eigenvalue weighted by atomic mass is 14.9. The highest BCUT2D eigenvalue weighted by molar-refractivity contribution is 4.84. The van der Waals surface area contributed by atoms with E-state index in [1.165, 1.54) is 38.6 Å². The molecule has 88 valence electrons. The topological polar surface area (TPSA) is 12.0 Å². The van der Waals surface area contributed by atoms with Crippen LogP contribution in [0.15, 0.2) is 0 Å². The quantitative estimate of drug-likeness (QED) is 0.748. The van der Waals surface area contributed by atoms with Crippen LogP contribution in [0, 0.1) is 23.7 Å². The predicted molar refractivity (Wildman–Crippen MR) is 65.9 cm³/mol. The highest BCUT2D eigenvalue weighted by Crippen LogP contribution is 2.36. The van der Waals surface area contributed by atoms with Gasteiger partial charge >= 0.3 is 0 Å². The van der Waals surface area contributed by atoms with Gasteiger partial charge in [0.15, 0.2) is 0 Å². The van der Waals surface area contributed by atoms with E-state index in [4.69, 9.17) is 0 Å². The fourth-order valence-corrected chi connectivity index (χ4v) is 3.14. The third kappa shape index (κ3) is 3.21. The summed E-state index contributed by atoms with van der Waals surface area (Å²) in [5.74, 6) is 3.81. The van der Waals surface area contributed by atoms with E-state index in [1.54, 1.807) is 0 Å². The summed E-state index contributed by atoms with van der Waals surface area (Å²) in [5.41, 5.74) is 0. The maximum absolute atomic E-state index is 3.81. The van der Waals surface area contributed by atoms with E-state index < -0.39 is 0 Å². The Hall–Kier alpha value is -0.0400. The van der Waals surface area contributed by atoms with Gasteiger partial charge in [-0.25, -0.2) is 0 Å². The molecule has 15 heavy (non-hydrogen) atoms. The van der Waals surface area contributed by atoms with Crippen molar-refractivity contribution in [1.29, 1.82) is 0 Å². The first kappa shape index (κ1) is 11.4. The van der Waals surface area contributed by atoms with Crippen molar-refractivity contribution in [3.05, 3.63) is 0 Å². The highest BCUT2D eigenvalue weighted by Gasteiger charge is 2.29. The molecule has 2 saturated carbocycles. The molecule has 0 aromatic heterocycles. The summed E-state index contributed by atoms with van der Waals surface area (Å²) in [4.78, 5) is 0. The van der Waals surface area contributed by atoms with Crippen LogP contribution in [0.3, 0.4) is 0 Å². The zero-order chi connectivity index (χ0) is 10.8. The Morgan fingerprint density at radius 3 is 2.47 bits per heavy atom. The third-order valence-corrected chi connectivity index (χ3v) is 4.56. The van der Waals surface area contributed by atoms with E-state index in [-0.39, 0.29) is 0 Å². The van der Waals surface area contributed by atoms with E-state index in [1.807, 2.05) is 0 Å². The van der Waals surface area contributed by atoms with Gasteiger partial charge in [-0.1, -0.05) is 20.8 Å². The molecular weight excluding hydrogens is 182 g/mol. The Labute approximate surface area is 95.0 Å². The van der Waals surface area contributed by atoms with Crippen molar-refractivity contribution >= 4 is 0 Å². The monoisotopic (exact) mass is 209 g/mol. The van der Waals surface area contributed by atoms with Gasteiger partial charge in [-0.15, -0.1) is 0 Å².